The van der Waals surface area contributed by atoms with Crippen molar-refractivity contribution >= 4 is 45.0 Å². The summed E-state index contributed by atoms with van der Waals surface area (Å²) in [6.45, 7) is 1.57. The van der Waals surface area contributed by atoms with E-state index in [1.165, 1.54) is 30.3 Å². The standard InChI is InChI=1S/C17H13Cl2N3O4S/c1-2-27(24,25)14-5-3-10(4-6-14)16-21-22-17(26-16)20-15(23)11-7-12(18)9-13(19)8-11/h3-9H,2H2,1H3,(H,20,22,23). The molecule has 0 fully saturated rings. The third kappa shape index (κ3) is 4.47. The van der Waals surface area contributed by atoms with E-state index in [0.29, 0.717) is 15.6 Å². The lowest BCUT2D eigenvalue weighted by Gasteiger charge is -2.02. The Bertz CT molecular complexity index is 1080. The molecule has 0 bridgehead atoms. The minimum atomic E-state index is -3.29. The number of aromatic nitrogens is 2. The van der Waals surface area contributed by atoms with Crippen LogP contribution < -0.4 is 5.32 Å². The Hall–Kier alpha value is -2.42. The molecule has 0 unspecified atom stereocenters. The summed E-state index contributed by atoms with van der Waals surface area (Å²) in [5, 5.41) is 10.7. The molecule has 10 heteroatoms. The topological polar surface area (TPSA) is 102 Å². The zero-order valence-corrected chi connectivity index (χ0v) is 16.3. The molecule has 1 aromatic heterocycles. The molecular formula is C17H13Cl2N3O4S. The molecule has 0 aliphatic heterocycles. The maximum Gasteiger partial charge on any atom is 0.322 e. The Morgan fingerprint density at radius 2 is 1.70 bits per heavy atom. The first-order valence-electron chi connectivity index (χ1n) is 7.72. The van der Waals surface area contributed by atoms with Crippen LogP contribution in [0.3, 0.4) is 0 Å². The molecule has 0 radical (unpaired) electrons. The smallest absolute Gasteiger partial charge is 0.322 e. The average Bonchev–Trinajstić information content (AvgIpc) is 3.09. The number of carbonyl (C=O) groups is 1. The van der Waals surface area contributed by atoms with Gasteiger partial charge in [-0.25, -0.2) is 8.42 Å². The van der Waals surface area contributed by atoms with Crippen LogP contribution in [0.25, 0.3) is 11.5 Å². The van der Waals surface area contributed by atoms with Crippen molar-refractivity contribution in [2.75, 3.05) is 11.1 Å². The van der Waals surface area contributed by atoms with E-state index in [-0.39, 0.29) is 28.1 Å². The van der Waals surface area contributed by atoms with Gasteiger partial charge < -0.3 is 4.42 Å². The van der Waals surface area contributed by atoms with Gasteiger partial charge in [-0.3, -0.25) is 10.1 Å². The second-order valence-electron chi connectivity index (χ2n) is 5.45. The molecule has 0 spiro atoms. The highest BCUT2D eigenvalue weighted by Gasteiger charge is 2.15. The first-order chi connectivity index (χ1) is 12.8. The van der Waals surface area contributed by atoms with E-state index in [2.05, 4.69) is 15.5 Å². The fourth-order valence-corrected chi connectivity index (χ4v) is 3.63. The molecule has 1 N–H and O–H groups in total. The molecule has 0 saturated carbocycles. The zero-order valence-electron chi connectivity index (χ0n) is 13.9. The van der Waals surface area contributed by atoms with Gasteiger partial charge in [-0.15, -0.1) is 5.10 Å². The second kappa shape index (κ2) is 7.67. The first-order valence-corrected chi connectivity index (χ1v) is 10.1. The number of nitrogens with zero attached hydrogens (tertiary/aromatic N) is 2. The van der Waals surface area contributed by atoms with Crippen LogP contribution >= 0.6 is 23.2 Å². The molecule has 1 heterocycles. The maximum absolute atomic E-state index is 12.2. The van der Waals surface area contributed by atoms with Gasteiger partial charge in [-0.05, 0) is 42.5 Å². The highest BCUT2D eigenvalue weighted by molar-refractivity contribution is 7.91. The monoisotopic (exact) mass is 425 g/mol. The van der Waals surface area contributed by atoms with E-state index in [4.69, 9.17) is 27.6 Å². The number of benzene rings is 2. The predicted octanol–water partition coefficient (Wildman–Crippen LogP) is 4.09. The largest absolute Gasteiger partial charge is 0.403 e. The Balaban J connectivity index is 1.77. The summed E-state index contributed by atoms with van der Waals surface area (Å²) in [7, 11) is -3.29. The number of amides is 1. The summed E-state index contributed by atoms with van der Waals surface area (Å²) in [4.78, 5) is 12.4. The van der Waals surface area contributed by atoms with E-state index in [0.717, 1.165) is 0 Å². The van der Waals surface area contributed by atoms with Crippen LogP contribution in [0.15, 0.2) is 51.8 Å². The molecule has 0 aliphatic carbocycles. The van der Waals surface area contributed by atoms with E-state index >= 15 is 0 Å². The Kier molecular flexibility index (Phi) is 5.50. The van der Waals surface area contributed by atoms with Gasteiger partial charge in [-0.2, -0.15) is 0 Å². The lowest BCUT2D eigenvalue weighted by molar-refractivity contribution is 0.102. The van der Waals surface area contributed by atoms with Crippen molar-refractivity contribution in [2.45, 2.75) is 11.8 Å². The second-order valence-corrected chi connectivity index (χ2v) is 8.60. The molecule has 3 rings (SSSR count). The summed E-state index contributed by atoms with van der Waals surface area (Å²) in [6.07, 6.45) is 0. The highest BCUT2D eigenvalue weighted by atomic mass is 35.5. The molecule has 0 aliphatic rings. The van der Waals surface area contributed by atoms with Gasteiger partial charge in [0.1, 0.15) is 0 Å². The molecule has 1 amide bonds. The molecule has 140 valence electrons. The van der Waals surface area contributed by atoms with Crippen molar-refractivity contribution in [1.82, 2.24) is 10.2 Å². The fraction of sp³-hybridized carbons (Fsp3) is 0.118. The summed E-state index contributed by atoms with van der Waals surface area (Å²) in [5.41, 5.74) is 0.755. The fourth-order valence-electron chi connectivity index (χ4n) is 2.22. The van der Waals surface area contributed by atoms with Crippen molar-refractivity contribution < 1.29 is 17.6 Å². The number of sulfone groups is 1. The van der Waals surface area contributed by atoms with Gasteiger partial charge in [-0.1, -0.05) is 35.2 Å². The van der Waals surface area contributed by atoms with Gasteiger partial charge in [0.25, 0.3) is 5.91 Å². The Morgan fingerprint density at radius 3 is 2.30 bits per heavy atom. The molecule has 27 heavy (non-hydrogen) atoms. The molecule has 0 saturated heterocycles. The van der Waals surface area contributed by atoms with Crippen molar-refractivity contribution in [2.24, 2.45) is 0 Å². The third-order valence-corrected chi connectivity index (χ3v) is 5.80. The number of carbonyl (C=O) groups excluding carboxylic acids is 1. The van der Waals surface area contributed by atoms with E-state index in [9.17, 15) is 13.2 Å². The van der Waals surface area contributed by atoms with Gasteiger partial charge in [0, 0.05) is 21.2 Å². The lowest BCUT2D eigenvalue weighted by atomic mass is 10.2. The summed E-state index contributed by atoms with van der Waals surface area (Å²) in [5.74, 6) is -0.370. The minimum Gasteiger partial charge on any atom is -0.403 e. The summed E-state index contributed by atoms with van der Waals surface area (Å²) >= 11 is 11.8. The van der Waals surface area contributed by atoms with Gasteiger partial charge >= 0.3 is 6.01 Å². The number of anilines is 1. The first kappa shape index (κ1) is 19.3. The van der Waals surface area contributed by atoms with Crippen LogP contribution in [-0.2, 0) is 9.84 Å². The summed E-state index contributed by atoms with van der Waals surface area (Å²) in [6, 6.07) is 10.3. The lowest BCUT2D eigenvalue weighted by Crippen LogP contribution is -2.12. The number of halogens is 2. The molecule has 0 atom stereocenters. The van der Waals surface area contributed by atoms with Gasteiger partial charge in [0.15, 0.2) is 9.84 Å². The van der Waals surface area contributed by atoms with Crippen LogP contribution in [0.2, 0.25) is 10.0 Å². The van der Waals surface area contributed by atoms with Gasteiger partial charge in [0.05, 0.1) is 10.6 Å². The SMILES string of the molecule is CCS(=O)(=O)c1ccc(-c2nnc(NC(=O)c3cc(Cl)cc(Cl)c3)o2)cc1. The minimum absolute atomic E-state index is 0.0105. The quantitative estimate of drug-likeness (QED) is 0.660. The van der Waals surface area contributed by atoms with Crippen molar-refractivity contribution in [3.05, 3.63) is 58.1 Å². The number of hydrogen-bond acceptors (Lipinski definition) is 6. The molecule has 3 aromatic rings. The van der Waals surface area contributed by atoms with Gasteiger partial charge in [0.2, 0.25) is 5.89 Å². The summed E-state index contributed by atoms with van der Waals surface area (Å²) < 4.78 is 29.1. The molecule has 2 aromatic carbocycles. The predicted molar refractivity (Wildman–Crippen MR) is 102 cm³/mol. The van der Waals surface area contributed by atoms with Crippen LogP contribution in [0, 0.1) is 0 Å². The molecular weight excluding hydrogens is 413 g/mol. The molecule has 7 nitrogen and oxygen atoms in total. The van der Waals surface area contributed by atoms with Crippen LogP contribution in [0.5, 0.6) is 0 Å². The van der Waals surface area contributed by atoms with Crippen molar-refractivity contribution in [3.63, 3.8) is 0 Å². The van der Waals surface area contributed by atoms with E-state index in [1.807, 2.05) is 0 Å². The number of hydrogen-bond donors (Lipinski definition) is 1. The Labute approximate surface area is 165 Å². The average molecular weight is 426 g/mol. The number of nitrogens with one attached hydrogen (secondary N) is 1. The van der Waals surface area contributed by atoms with Crippen molar-refractivity contribution in [1.29, 1.82) is 0 Å². The normalized spacial score (nSPS) is 11.4. The van der Waals surface area contributed by atoms with E-state index in [1.54, 1.807) is 19.1 Å². The van der Waals surface area contributed by atoms with Crippen molar-refractivity contribution in [3.8, 4) is 11.5 Å². The van der Waals surface area contributed by atoms with Crippen LogP contribution in [0.4, 0.5) is 6.01 Å². The zero-order chi connectivity index (χ0) is 19.6. The van der Waals surface area contributed by atoms with E-state index < -0.39 is 15.7 Å². The highest BCUT2D eigenvalue weighted by Crippen LogP contribution is 2.23. The van der Waals surface area contributed by atoms with Crippen LogP contribution in [0.1, 0.15) is 17.3 Å². The maximum atomic E-state index is 12.2. The third-order valence-electron chi connectivity index (χ3n) is 3.61. The Morgan fingerprint density at radius 1 is 1.07 bits per heavy atom. The number of rotatable bonds is 5. The van der Waals surface area contributed by atoms with Crippen LogP contribution in [-0.4, -0.2) is 30.3 Å².